The Morgan fingerprint density at radius 2 is 2.30 bits per heavy atom. The third-order valence-corrected chi connectivity index (χ3v) is 5.41. The number of thiophene rings is 1. The van der Waals surface area contributed by atoms with E-state index in [0.29, 0.717) is 6.54 Å². The molecule has 0 radical (unpaired) electrons. The van der Waals surface area contributed by atoms with Crippen molar-refractivity contribution < 1.29 is 4.79 Å². The second-order valence-electron chi connectivity index (χ2n) is 6.08. The highest BCUT2D eigenvalue weighted by molar-refractivity contribution is 7.17. The predicted molar refractivity (Wildman–Crippen MR) is 90.8 cm³/mol. The van der Waals surface area contributed by atoms with Crippen molar-refractivity contribution in [2.24, 2.45) is 0 Å². The molecule has 1 atom stereocenters. The van der Waals surface area contributed by atoms with Crippen LogP contribution in [-0.2, 0) is 0 Å². The maximum Gasteiger partial charge on any atom is 0.255 e. The van der Waals surface area contributed by atoms with E-state index in [1.807, 2.05) is 21.2 Å². The maximum absolute atomic E-state index is 13.0. The molecule has 0 bridgehead atoms. The Labute approximate surface area is 138 Å². The Morgan fingerprint density at radius 3 is 3.13 bits per heavy atom. The van der Waals surface area contributed by atoms with Crippen molar-refractivity contribution in [2.75, 3.05) is 13.1 Å². The van der Waals surface area contributed by atoms with Gasteiger partial charge in [-0.1, -0.05) is 17.3 Å². The summed E-state index contributed by atoms with van der Waals surface area (Å²) in [5, 5.41) is 11.0. The SMILES string of the molecule is Cc1ccc2c(C(=O)N3CCCC(n4ccnn4)C3)csc2c1. The number of nitrogens with zero attached hydrogens (tertiary/aromatic N) is 4. The minimum absolute atomic E-state index is 0.130. The maximum atomic E-state index is 13.0. The smallest absolute Gasteiger partial charge is 0.255 e. The fraction of sp³-hybridized carbons (Fsp3) is 0.353. The van der Waals surface area contributed by atoms with Crippen LogP contribution in [0.2, 0.25) is 0 Å². The first-order valence-corrected chi connectivity index (χ1v) is 8.73. The lowest BCUT2D eigenvalue weighted by atomic mass is 10.0. The molecule has 6 heteroatoms. The molecule has 3 heterocycles. The first-order valence-electron chi connectivity index (χ1n) is 7.85. The molecule has 0 saturated carbocycles. The van der Waals surface area contributed by atoms with Gasteiger partial charge in [-0.05, 0) is 31.4 Å². The van der Waals surface area contributed by atoms with Gasteiger partial charge in [0.15, 0.2) is 0 Å². The molecular formula is C17H18N4OS. The molecule has 1 unspecified atom stereocenters. The highest BCUT2D eigenvalue weighted by atomic mass is 32.1. The molecule has 0 spiro atoms. The number of carbonyl (C=O) groups is 1. The molecule has 3 aromatic rings. The number of hydrogen-bond acceptors (Lipinski definition) is 4. The molecule has 2 aromatic heterocycles. The molecular weight excluding hydrogens is 308 g/mol. The van der Waals surface area contributed by atoms with Crippen LogP contribution in [0.15, 0.2) is 36.0 Å². The summed E-state index contributed by atoms with van der Waals surface area (Å²) in [7, 11) is 0. The summed E-state index contributed by atoms with van der Waals surface area (Å²) < 4.78 is 3.05. The molecule has 5 nitrogen and oxygen atoms in total. The van der Waals surface area contributed by atoms with Crippen molar-refractivity contribution in [1.82, 2.24) is 19.9 Å². The summed E-state index contributed by atoms with van der Waals surface area (Å²) >= 11 is 1.64. The first-order chi connectivity index (χ1) is 11.2. The van der Waals surface area contributed by atoms with E-state index in [1.165, 1.54) is 10.3 Å². The average Bonchev–Trinajstić information content (AvgIpc) is 3.23. The molecule has 0 N–H and O–H groups in total. The summed E-state index contributed by atoms with van der Waals surface area (Å²) in [6, 6.07) is 6.50. The van der Waals surface area contributed by atoms with E-state index in [0.717, 1.165) is 30.3 Å². The van der Waals surface area contributed by atoms with Gasteiger partial charge in [-0.15, -0.1) is 16.4 Å². The number of piperidine rings is 1. The topological polar surface area (TPSA) is 51.0 Å². The van der Waals surface area contributed by atoms with Gasteiger partial charge in [0.25, 0.3) is 5.91 Å². The van der Waals surface area contributed by atoms with E-state index in [9.17, 15) is 4.79 Å². The van der Waals surface area contributed by atoms with Gasteiger partial charge in [0.1, 0.15) is 0 Å². The summed E-state index contributed by atoms with van der Waals surface area (Å²) in [4.78, 5) is 14.9. The fourth-order valence-electron chi connectivity index (χ4n) is 3.24. The minimum atomic E-state index is 0.130. The van der Waals surface area contributed by atoms with Crippen molar-refractivity contribution in [3.05, 3.63) is 47.1 Å². The Bertz CT molecular complexity index is 840. The quantitative estimate of drug-likeness (QED) is 0.726. The molecule has 0 aliphatic carbocycles. The molecule has 23 heavy (non-hydrogen) atoms. The van der Waals surface area contributed by atoms with Crippen LogP contribution in [0.4, 0.5) is 0 Å². The molecule has 1 fully saturated rings. The van der Waals surface area contributed by atoms with Crippen LogP contribution in [-0.4, -0.2) is 38.9 Å². The number of likely N-dealkylation sites (tertiary alicyclic amines) is 1. The third kappa shape index (κ3) is 2.63. The van der Waals surface area contributed by atoms with Gasteiger partial charge in [0.05, 0.1) is 17.8 Å². The minimum Gasteiger partial charge on any atom is -0.336 e. The Morgan fingerprint density at radius 1 is 1.39 bits per heavy atom. The van der Waals surface area contributed by atoms with Gasteiger partial charge >= 0.3 is 0 Å². The lowest BCUT2D eigenvalue weighted by molar-refractivity contribution is 0.0674. The van der Waals surface area contributed by atoms with Crippen LogP contribution < -0.4 is 0 Å². The Kier molecular flexibility index (Phi) is 3.61. The van der Waals surface area contributed by atoms with Crippen LogP contribution in [0.25, 0.3) is 10.1 Å². The molecule has 118 valence electrons. The number of carbonyl (C=O) groups excluding carboxylic acids is 1. The number of benzene rings is 1. The van der Waals surface area contributed by atoms with Gasteiger partial charge in [-0.3, -0.25) is 4.79 Å². The summed E-state index contributed by atoms with van der Waals surface area (Å²) in [6.07, 6.45) is 5.60. The van der Waals surface area contributed by atoms with E-state index >= 15 is 0 Å². The largest absolute Gasteiger partial charge is 0.336 e. The van der Waals surface area contributed by atoms with Crippen molar-refractivity contribution in [3.8, 4) is 0 Å². The third-order valence-electron chi connectivity index (χ3n) is 4.46. The molecule has 1 amide bonds. The van der Waals surface area contributed by atoms with Gasteiger partial charge in [0.2, 0.25) is 0 Å². The summed E-state index contributed by atoms with van der Waals surface area (Å²) in [5.74, 6) is 0.130. The molecule has 1 aliphatic rings. The highest BCUT2D eigenvalue weighted by Gasteiger charge is 2.27. The number of rotatable bonds is 2. The van der Waals surface area contributed by atoms with E-state index < -0.39 is 0 Å². The summed E-state index contributed by atoms with van der Waals surface area (Å²) in [6.45, 7) is 3.59. The lowest BCUT2D eigenvalue weighted by Crippen LogP contribution is -2.40. The fourth-order valence-corrected chi connectivity index (χ4v) is 4.27. The zero-order valence-corrected chi connectivity index (χ0v) is 13.8. The Balaban J connectivity index is 1.60. The monoisotopic (exact) mass is 326 g/mol. The number of amides is 1. The van der Waals surface area contributed by atoms with Crippen LogP contribution >= 0.6 is 11.3 Å². The van der Waals surface area contributed by atoms with Gasteiger partial charge in [-0.2, -0.15) is 0 Å². The van der Waals surface area contributed by atoms with Crippen molar-refractivity contribution in [1.29, 1.82) is 0 Å². The van der Waals surface area contributed by atoms with E-state index in [-0.39, 0.29) is 11.9 Å². The van der Waals surface area contributed by atoms with Gasteiger partial charge < -0.3 is 4.90 Å². The molecule has 1 aliphatic heterocycles. The molecule has 4 rings (SSSR count). The number of fused-ring (bicyclic) bond motifs is 1. The van der Waals surface area contributed by atoms with Crippen LogP contribution in [0.1, 0.15) is 34.8 Å². The average molecular weight is 326 g/mol. The predicted octanol–water partition coefficient (Wildman–Crippen LogP) is 3.28. The summed E-state index contributed by atoms with van der Waals surface area (Å²) in [5.41, 5.74) is 2.05. The standard InChI is InChI=1S/C17H18N4OS/c1-12-4-5-14-15(11-23-16(14)9-12)17(22)20-7-2-3-13(10-20)21-8-6-18-19-21/h4-6,8-9,11,13H,2-3,7,10H2,1H3. The van der Waals surface area contributed by atoms with Crippen LogP contribution in [0.5, 0.6) is 0 Å². The number of hydrogen-bond donors (Lipinski definition) is 0. The van der Waals surface area contributed by atoms with E-state index in [2.05, 4.69) is 35.4 Å². The normalized spacial score (nSPS) is 18.5. The molecule has 1 saturated heterocycles. The number of aromatic nitrogens is 3. The van der Waals surface area contributed by atoms with Crippen molar-refractivity contribution in [2.45, 2.75) is 25.8 Å². The Hall–Kier alpha value is -2.21. The first kappa shape index (κ1) is 14.4. The lowest BCUT2D eigenvalue weighted by Gasteiger charge is -2.32. The van der Waals surface area contributed by atoms with Crippen LogP contribution in [0, 0.1) is 6.92 Å². The van der Waals surface area contributed by atoms with Gasteiger partial charge in [-0.25, -0.2) is 4.68 Å². The number of aryl methyl sites for hydroxylation is 1. The van der Waals surface area contributed by atoms with Crippen LogP contribution in [0.3, 0.4) is 0 Å². The second-order valence-corrected chi connectivity index (χ2v) is 6.99. The van der Waals surface area contributed by atoms with Crippen molar-refractivity contribution >= 4 is 27.3 Å². The second kappa shape index (κ2) is 5.77. The van der Waals surface area contributed by atoms with Crippen molar-refractivity contribution in [3.63, 3.8) is 0 Å². The zero-order valence-electron chi connectivity index (χ0n) is 13.0. The van der Waals surface area contributed by atoms with Gasteiger partial charge in [0, 0.05) is 34.8 Å². The zero-order chi connectivity index (χ0) is 15.8. The highest BCUT2D eigenvalue weighted by Crippen LogP contribution is 2.29. The van der Waals surface area contributed by atoms with E-state index in [1.54, 1.807) is 17.5 Å². The molecule has 1 aromatic carbocycles. The van der Waals surface area contributed by atoms with E-state index in [4.69, 9.17) is 0 Å².